The van der Waals surface area contributed by atoms with Gasteiger partial charge in [-0.15, -0.1) is 0 Å². The first-order chi connectivity index (χ1) is 8.02. The maximum atomic E-state index is 13.5. The summed E-state index contributed by atoms with van der Waals surface area (Å²) in [6, 6.07) is 5.36. The molecule has 0 fully saturated rings. The first-order valence-electron chi connectivity index (χ1n) is 5.44. The molecule has 1 unspecified atom stereocenters. The Labute approximate surface area is 101 Å². The molecule has 94 valence electrons. The molecule has 5 heteroatoms. The Morgan fingerprint density at radius 2 is 2.12 bits per heavy atom. The van der Waals surface area contributed by atoms with E-state index in [1.165, 1.54) is 6.07 Å². The van der Waals surface area contributed by atoms with E-state index >= 15 is 0 Å². The van der Waals surface area contributed by atoms with Crippen molar-refractivity contribution in [3.05, 3.63) is 35.6 Å². The molecular weight excluding hydrogens is 221 g/mol. The summed E-state index contributed by atoms with van der Waals surface area (Å²) in [5, 5.41) is 2.95. The summed E-state index contributed by atoms with van der Waals surface area (Å²) in [4.78, 5) is 13.3. The van der Waals surface area contributed by atoms with E-state index < -0.39 is 17.8 Å². The molecule has 0 heterocycles. The summed E-state index contributed by atoms with van der Waals surface area (Å²) in [6.45, 7) is 1.31. The topological polar surface area (TPSA) is 58.4 Å². The number of benzene rings is 1. The van der Waals surface area contributed by atoms with Gasteiger partial charge >= 0.3 is 0 Å². The quantitative estimate of drug-likeness (QED) is 0.760. The molecular formula is C12H18FN3O. The third kappa shape index (κ3) is 4.13. The zero-order valence-electron chi connectivity index (χ0n) is 10.1. The van der Waals surface area contributed by atoms with E-state index in [2.05, 4.69) is 5.32 Å². The zero-order chi connectivity index (χ0) is 12.8. The fourth-order valence-electron chi connectivity index (χ4n) is 1.51. The molecule has 1 amide bonds. The lowest BCUT2D eigenvalue weighted by atomic mass is 10.1. The molecule has 0 radical (unpaired) electrons. The summed E-state index contributed by atoms with van der Waals surface area (Å²) >= 11 is 0. The lowest BCUT2D eigenvalue weighted by molar-refractivity contribution is -0.120. The number of amides is 1. The highest BCUT2D eigenvalue weighted by Crippen LogP contribution is 2.16. The SMILES string of the molecule is CN(C)CCNC(C(N)=O)c1ccccc1F. The van der Waals surface area contributed by atoms with Crippen LogP contribution in [-0.2, 0) is 4.79 Å². The van der Waals surface area contributed by atoms with Crippen molar-refractivity contribution in [1.82, 2.24) is 10.2 Å². The van der Waals surface area contributed by atoms with Gasteiger partial charge in [-0.2, -0.15) is 0 Å². The number of nitrogens with zero attached hydrogens (tertiary/aromatic N) is 1. The minimum absolute atomic E-state index is 0.291. The molecule has 4 nitrogen and oxygen atoms in total. The van der Waals surface area contributed by atoms with Crippen LogP contribution in [0.25, 0.3) is 0 Å². The Hall–Kier alpha value is -1.46. The Balaban J connectivity index is 2.73. The molecule has 0 bridgehead atoms. The third-order valence-electron chi connectivity index (χ3n) is 2.41. The van der Waals surface area contributed by atoms with Gasteiger partial charge in [0.2, 0.25) is 5.91 Å². The molecule has 1 aromatic rings. The van der Waals surface area contributed by atoms with E-state index in [4.69, 9.17) is 5.73 Å². The molecule has 0 aliphatic heterocycles. The average Bonchev–Trinajstić information content (AvgIpc) is 2.25. The van der Waals surface area contributed by atoms with Gasteiger partial charge in [-0.25, -0.2) is 4.39 Å². The Morgan fingerprint density at radius 1 is 1.47 bits per heavy atom. The van der Waals surface area contributed by atoms with Crippen molar-refractivity contribution >= 4 is 5.91 Å². The molecule has 0 spiro atoms. The highest BCUT2D eigenvalue weighted by atomic mass is 19.1. The maximum absolute atomic E-state index is 13.5. The van der Waals surface area contributed by atoms with Gasteiger partial charge in [0.05, 0.1) is 0 Å². The fraction of sp³-hybridized carbons (Fsp3) is 0.417. The van der Waals surface area contributed by atoms with Crippen LogP contribution in [0, 0.1) is 5.82 Å². The van der Waals surface area contributed by atoms with E-state index in [9.17, 15) is 9.18 Å². The van der Waals surface area contributed by atoms with Crippen molar-refractivity contribution < 1.29 is 9.18 Å². The first kappa shape index (κ1) is 13.6. The number of primary amides is 1. The minimum Gasteiger partial charge on any atom is -0.368 e. The average molecular weight is 239 g/mol. The summed E-state index contributed by atoms with van der Waals surface area (Å²) in [5.74, 6) is -0.998. The van der Waals surface area contributed by atoms with E-state index in [0.29, 0.717) is 12.1 Å². The van der Waals surface area contributed by atoms with Crippen LogP contribution in [-0.4, -0.2) is 38.0 Å². The predicted octanol–water partition coefficient (Wildman–Crippen LogP) is 0.503. The normalized spacial score (nSPS) is 12.7. The summed E-state index contributed by atoms with van der Waals surface area (Å²) in [7, 11) is 3.84. The molecule has 17 heavy (non-hydrogen) atoms. The highest BCUT2D eigenvalue weighted by molar-refractivity contribution is 5.81. The first-order valence-corrected chi connectivity index (χ1v) is 5.44. The van der Waals surface area contributed by atoms with Gasteiger partial charge in [-0.05, 0) is 20.2 Å². The van der Waals surface area contributed by atoms with Gasteiger partial charge in [0.25, 0.3) is 0 Å². The number of carbonyl (C=O) groups excluding carboxylic acids is 1. The second-order valence-corrected chi connectivity index (χ2v) is 4.11. The smallest absolute Gasteiger partial charge is 0.239 e. The third-order valence-corrected chi connectivity index (χ3v) is 2.41. The lowest BCUT2D eigenvalue weighted by Crippen LogP contribution is -2.37. The number of nitrogens with two attached hydrogens (primary N) is 1. The monoisotopic (exact) mass is 239 g/mol. The maximum Gasteiger partial charge on any atom is 0.239 e. The fourth-order valence-corrected chi connectivity index (χ4v) is 1.51. The van der Waals surface area contributed by atoms with Gasteiger partial charge in [0.15, 0.2) is 0 Å². The van der Waals surface area contributed by atoms with E-state index in [0.717, 1.165) is 6.54 Å². The molecule has 0 aromatic heterocycles. The number of carbonyl (C=O) groups is 1. The van der Waals surface area contributed by atoms with Gasteiger partial charge in [0.1, 0.15) is 11.9 Å². The summed E-state index contributed by atoms with van der Waals surface area (Å²) in [6.07, 6.45) is 0. The Morgan fingerprint density at radius 3 is 2.65 bits per heavy atom. The molecule has 3 N–H and O–H groups in total. The van der Waals surface area contributed by atoms with Gasteiger partial charge in [0, 0.05) is 18.7 Å². The van der Waals surface area contributed by atoms with Crippen LogP contribution in [0.3, 0.4) is 0 Å². The standard InChI is InChI=1S/C12H18FN3O/c1-16(2)8-7-15-11(12(14)17)9-5-3-4-6-10(9)13/h3-6,11,15H,7-8H2,1-2H3,(H2,14,17). The lowest BCUT2D eigenvalue weighted by Gasteiger charge is -2.18. The van der Waals surface area contributed by atoms with Crippen LogP contribution in [0.1, 0.15) is 11.6 Å². The van der Waals surface area contributed by atoms with Crippen molar-refractivity contribution in [3.63, 3.8) is 0 Å². The molecule has 1 atom stereocenters. The molecule has 0 aliphatic rings. The molecule has 0 saturated heterocycles. The zero-order valence-corrected chi connectivity index (χ0v) is 10.1. The highest BCUT2D eigenvalue weighted by Gasteiger charge is 2.19. The Kier molecular flexibility index (Phi) is 5.06. The Bertz CT molecular complexity index is 382. The van der Waals surface area contributed by atoms with E-state index in [1.807, 2.05) is 19.0 Å². The summed E-state index contributed by atoms with van der Waals surface area (Å²) in [5.41, 5.74) is 5.56. The van der Waals surface area contributed by atoms with Gasteiger partial charge < -0.3 is 16.0 Å². The van der Waals surface area contributed by atoms with Crippen molar-refractivity contribution in [2.75, 3.05) is 27.2 Å². The van der Waals surface area contributed by atoms with Gasteiger partial charge in [-0.1, -0.05) is 18.2 Å². The minimum atomic E-state index is -0.781. The van der Waals surface area contributed by atoms with E-state index in [-0.39, 0.29) is 0 Å². The van der Waals surface area contributed by atoms with Crippen molar-refractivity contribution in [2.24, 2.45) is 5.73 Å². The van der Waals surface area contributed by atoms with Crippen LogP contribution < -0.4 is 11.1 Å². The van der Waals surface area contributed by atoms with Crippen LogP contribution in [0.15, 0.2) is 24.3 Å². The number of halogens is 1. The number of likely N-dealkylation sites (N-methyl/N-ethyl adjacent to an activating group) is 1. The van der Waals surface area contributed by atoms with Crippen molar-refractivity contribution in [2.45, 2.75) is 6.04 Å². The van der Waals surface area contributed by atoms with Crippen molar-refractivity contribution in [3.8, 4) is 0 Å². The number of hydrogen-bond donors (Lipinski definition) is 2. The molecule has 0 aliphatic carbocycles. The second-order valence-electron chi connectivity index (χ2n) is 4.11. The predicted molar refractivity (Wildman–Crippen MR) is 64.9 cm³/mol. The molecule has 1 aromatic carbocycles. The molecule has 1 rings (SSSR count). The van der Waals surface area contributed by atoms with Crippen LogP contribution in [0.5, 0.6) is 0 Å². The van der Waals surface area contributed by atoms with Crippen LogP contribution in [0.2, 0.25) is 0 Å². The van der Waals surface area contributed by atoms with Crippen molar-refractivity contribution in [1.29, 1.82) is 0 Å². The van der Waals surface area contributed by atoms with Crippen LogP contribution >= 0.6 is 0 Å². The number of nitrogens with one attached hydrogen (secondary N) is 1. The largest absolute Gasteiger partial charge is 0.368 e. The van der Waals surface area contributed by atoms with E-state index in [1.54, 1.807) is 18.2 Å². The number of rotatable bonds is 6. The van der Waals surface area contributed by atoms with Crippen LogP contribution in [0.4, 0.5) is 4.39 Å². The second kappa shape index (κ2) is 6.32. The number of hydrogen-bond acceptors (Lipinski definition) is 3. The summed E-state index contributed by atoms with van der Waals surface area (Å²) < 4.78 is 13.5. The molecule has 0 saturated carbocycles. The van der Waals surface area contributed by atoms with Gasteiger partial charge in [-0.3, -0.25) is 4.79 Å².